The van der Waals surface area contributed by atoms with E-state index in [1.54, 1.807) is 36.7 Å². The van der Waals surface area contributed by atoms with Crippen molar-refractivity contribution in [1.82, 2.24) is 19.5 Å². The monoisotopic (exact) mass is 469 g/mol. The van der Waals surface area contributed by atoms with Gasteiger partial charge in [0, 0.05) is 40.1 Å². The minimum absolute atomic E-state index is 0.217. The van der Waals surface area contributed by atoms with Crippen LogP contribution in [0.3, 0.4) is 0 Å². The topological polar surface area (TPSA) is 92.9 Å². The van der Waals surface area contributed by atoms with E-state index >= 15 is 0 Å². The molecule has 0 bridgehead atoms. The number of terminal acetylenes is 1. The molecule has 7 heteroatoms. The summed E-state index contributed by atoms with van der Waals surface area (Å²) < 4.78 is 2.06. The molecule has 0 unspecified atom stereocenters. The summed E-state index contributed by atoms with van der Waals surface area (Å²) in [7, 11) is 0. The van der Waals surface area contributed by atoms with Gasteiger partial charge in [-0.25, -0.2) is 9.78 Å². The molecular formula is C29H19N5O2. The highest BCUT2D eigenvalue weighted by Gasteiger charge is 2.21. The van der Waals surface area contributed by atoms with Gasteiger partial charge in [0.2, 0.25) is 0 Å². The fraction of sp³-hybridized carbons (Fsp3) is 0.0345. The van der Waals surface area contributed by atoms with E-state index in [1.807, 2.05) is 48.5 Å². The number of fused-ring (bicyclic) bond motifs is 6. The zero-order chi connectivity index (χ0) is 24.6. The van der Waals surface area contributed by atoms with Gasteiger partial charge in [0.15, 0.2) is 0 Å². The fourth-order valence-corrected chi connectivity index (χ4v) is 4.51. The SMILES string of the molecule is C#CCNc1ccc(-c2nc3c4cccnc4c4ncccc4c3n2-c2ccc(C(=O)O)cc2)cc1. The van der Waals surface area contributed by atoms with E-state index in [2.05, 4.69) is 25.8 Å². The second-order valence-electron chi connectivity index (χ2n) is 8.25. The predicted molar refractivity (Wildman–Crippen MR) is 141 cm³/mol. The summed E-state index contributed by atoms with van der Waals surface area (Å²) in [5.74, 6) is 2.32. The molecule has 0 spiro atoms. The Morgan fingerprint density at radius 3 is 2.22 bits per heavy atom. The molecule has 172 valence electrons. The highest BCUT2D eigenvalue weighted by Crippen LogP contribution is 2.37. The van der Waals surface area contributed by atoms with Gasteiger partial charge in [-0.2, -0.15) is 0 Å². The van der Waals surface area contributed by atoms with Gasteiger partial charge in [-0.05, 0) is 72.8 Å². The number of hydrogen-bond donors (Lipinski definition) is 2. The number of imidazole rings is 1. The molecule has 0 aliphatic carbocycles. The Morgan fingerprint density at radius 1 is 0.889 bits per heavy atom. The highest BCUT2D eigenvalue weighted by molar-refractivity contribution is 6.21. The summed E-state index contributed by atoms with van der Waals surface area (Å²) in [6.45, 7) is 0.436. The summed E-state index contributed by atoms with van der Waals surface area (Å²) in [4.78, 5) is 25.8. The average Bonchev–Trinajstić information content (AvgIpc) is 3.33. The molecule has 0 aliphatic rings. The summed E-state index contributed by atoms with van der Waals surface area (Å²) in [6.07, 6.45) is 8.89. The van der Waals surface area contributed by atoms with Crippen molar-refractivity contribution in [3.8, 4) is 29.4 Å². The lowest BCUT2D eigenvalue weighted by atomic mass is 10.1. The number of carbonyl (C=O) groups is 1. The number of nitrogens with one attached hydrogen (secondary N) is 1. The molecule has 3 aromatic carbocycles. The molecule has 3 aromatic heterocycles. The van der Waals surface area contributed by atoms with Crippen molar-refractivity contribution in [3.05, 3.63) is 90.8 Å². The lowest BCUT2D eigenvalue weighted by Crippen LogP contribution is -2.01. The van der Waals surface area contributed by atoms with Gasteiger partial charge in [0.25, 0.3) is 0 Å². The number of hydrogen-bond acceptors (Lipinski definition) is 5. The zero-order valence-electron chi connectivity index (χ0n) is 19.0. The summed E-state index contributed by atoms with van der Waals surface area (Å²) in [5.41, 5.74) is 6.06. The molecule has 0 radical (unpaired) electrons. The summed E-state index contributed by atoms with van der Waals surface area (Å²) >= 11 is 0. The van der Waals surface area contributed by atoms with Crippen LogP contribution in [-0.2, 0) is 0 Å². The number of pyridine rings is 2. The summed E-state index contributed by atoms with van der Waals surface area (Å²) in [5, 5.41) is 14.4. The van der Waals surface area contributed by atoms with E-state index in [4.69, 9.17) is 11.4 Å². The van der Waals surface area contributed by atoms with Gasteiger partial charge in [-0.1, -0.05) is 5.92 Å². The van der Waals surface area contributed by atoms with Gasteiger partial charge in [-0.3, -0.25) is 14.5 Å². The first-order chi connectivity index (χ1) is 17.7. The molecule has 2 N–H and O–H groups in total. The Hall–Kier alpha value is -5.22. The molecule has 0 amide bonds. The Balaban J connectivity index is 1.70. The lowest BCUT2D eigenvalue weighted by Gasteiger charge is -2.12. The fourth-order valence-electron chi connectivity index (χ4n) is 4.51. The minimum Gasteiger partial charge on any atom is -0.478 e. The Labute approximate surface area is 206 Å². The quantitative estimate of drug-likeness (QED) is 0.255. The van der Waals surface area contributed by atoms with Crippen LogP contribution in [0.4, 0.5) is 5.69 Å². The van der Waals surface area contributed by atoms with Gasteiger partial charge in [-0.15, -0.1) is 6.42 Å². The van der Waals surface area contributed by atoms with E-state index in [9.17, 15) is 9.90 Å². The Kier molecular flexibility index (Phi) is 5.05. The summed E-state index contributed by atoms with van der Waals surface area (Å²) in [6, 6.07) is 22.5. The van der Waals surface area contributed by atoms with Crippen LogP contribution in [0, 0.1) is 12.3 Å². The minimum atomic E-state index is -0.973. The zero-order valence-corrected chi connectivity index (χ0v) is 19.0. The molecule has 0 saturated heterocycles. The smallest absolute Gasteiger partial charge is 0.335 e. The van der Waals surface area contributed by atoms with Gasteiger partial charge < -0.3 is 10.4 Å². The van der Waals surface area contributed by atoms with E-state index in [0.29, 0.717) is 6.54 Å². The molecule has 0 saturated carbocycles. The van der Waals surface area contributed by atoms with Crippen LogP contribution in [0.2, 0.25) is 0 Å². The standard InChI is InChI=1S/C29H19N5O2/c1-2-15-30-20-11-7-18(8-12-20)28-33-26-22-5-3-16-31-24(22)25-23(6-4-17-32-25)27(26)34(28)21-13-9-19(10-14-21)29(35)36/h1,3-14,16-17,30H,15H2,(H,35,36). The third-order valence-corrected chi connectivity index (χ3v) is 6.14. The first-order valence-electron chi connectivity index (χ1n) is 11.3. The first-order valence-corrected chi connectivity index (χ1v) is 11.3. The van der Waals surface area contributed by atoms with Crippen molar-refractivity contribution in [2.45, 2.75) is 0 Å². The second-order valence-corrected chi connectivity index (χ2v) is 8.25. The molecule has 0 atom stereocenters. The van der Waals surface area contributed by atoms with Crippen LogP contribution in [0.1, 0.15) is 10.4 Å². The third-order valence-electron chi connectivity index (χ3n) is 6.14. The maximum Gasteiger partial charge on any atom is 0.335 e. The number of anilines is 1. The first kappa shape index (κ1) is 21.3. The van der Waals surface area contributed by atoms with Crippen LogP contribution in [0.5, 0.6) is 0 Å². The van der Waals surface area contributed by atoms with Crippen molar-refractivity contribution in [2.75, 3.05) is 11.9 Å². The number of nitrogens with zero attached hydrogens (tertiary/aromatic N) is 4. The Morgan fingerprint density at radius 2 is 1.56 bits per heavy atom. The van der Waals surface area contributed by atoms with Crippen LogP contribution in [-0.4, -0.2) is 37.1 Å². The van der Waals surface area contributed by atoms with Gasteiger partial charge in [0.1, 0.15) is 5.82 Å². The number of carboxylic acids is 1. The normalized spacial score (nSPS) is 11.1. The van der Waals surface area contributed by atoms with Crippen molar-refractivity contribution >= 4 is 44.5 Å². The largest absolute Gasteiger partial charge is 0.478 e. The average molecular weight is 470 g/mol. The lowest BCUT2D eigenvalue weighted by molar-refractivity contribution is 0.0697. The number of benzene rings is 3. The van der Waals surface area contributed by atoms with E-state index < -0.39 is 5.97 Å². The molecule has 6 rings (SSSR count). The maximum atomic E-state index is 11.5. The molecular weight excluding hydrogens is 450 g/mol. The van der Waals surface area contributed by atoms with E-state index in [0.717, 1.165) is 55.6 Å². The van der Waals surface area contributed by atoms with Crippen LogP contribution in [0.25, 0.3) is 49.9 Å². The number of carboxylic acid groups (broad SMARTS) is 1. The predicted octanol–water partition coefficient (Wildman–Crippen LogP) is 5.53. The molecule has 3 heterocycles. The van der Waals surface area contributed by atoms with Crippen molar-refractivity contribution < 1.29 is 9.90 Å². The van der Waals surface area contributed by atoms with Crippen LogP contribution >= 0.6 is 0 Å². The molecule has 0 fully saturated rings. The Bertz CT molecular complexity index is 1810. The maximum absolute atomic E-state index is 11.5. The van der Waals surface area contributed by atoms with E-state index in [1.165, 1.54) is 0 Å². The molecule has 36 heavy (non-hydrogen) atoms. The van der Waals surface area contributed by atoms with Gasteiger partial charge >= 0.3 is 5.97 Å². The van der Waals surface area contributed by atoms with Gasteiger partial charge in [0.05, 0.1) is 34.2 Å². The molecule has 6 aromatic rings. The molecule has 0 aliphatic heterocycles. The van der Waals surface area contributed by atoms with Crippen molar-refractivity contribution in [3.63, 3.8) is 0 Å². The molecule has 7 nitrogen and oxygen atoms in total. The number of rotatable bonds is 5. The van der Waals surface area contributed by atoms with E-state index in [-0.39, 0.29) is 5.56 Å². The van der Waals surface area contributed by atoms with Crippen molar-refractivity contribution in [2.24, 2.45) is 0 Å². The van der Waals surface area contributed by atoms with Crippen LogP contribution in [0.15, 0.2) is 85.2 Å². The number of aromatic carboxylic acids is 1. The number of aromatic nitrogens is 4. The third kappa shape index (κ3) is 3.40. The van der Waals surface area contributed by atoms with Crippen molar-refractivity contribution in [1.29, 1.82) is 0 Å². The second kappa shape index (κ2) is 8.53. The highest BCUT2D eigenvalue weighted by atomic mass is 16.4. The van der Waals surface area contributed by atoms with Crippen LogP contribution < -0.4 is 5.32 Å².